The van der Waals surface area contributed by atoms with E-state index in [4.69, 9.17) is 27.9 Å². The Hall–Kier alpha value is -2.69. The zero-order valence-electron chi connectivity index (χ0n) is 12.7. The Morgan fingerprint density at radius 3 is 2.20 bits per heavy atom. The van der Waals surface area contributed by atoms with Gasteiger partial charge in [0.05, 0.1) is 10.6 Å². The van der Waals surface area contributed by atoms with Crippen LogP contribution in [0.2, 0.25) is 10.0 Å². The third kappa shape index (κ3) is 3.87. The molecule has 126 valence electrons. The number of phenolic OH excluding ortho intramolecular Hbond substituents is 2. The molecule has 0 fully saturated rings. The molecule has 2 N–H and O–H groups in total. The quantitative estimate of drug-likeness (QED) is 0.597. The highest BCUT2D eigenvalue weighted by molar-refractivity contribution is 6.36. The van der Waals surface area contributed by atoms with Gasteiger partial charge in [-0.3, -0.25) is 4.79 Å². The van der Waals surface area contributed by atoms with E-state index in [2.05, 4.69) is 0 Å². The summed E-state index contributed by atoms with van der Waals surface area (Å²) < 4.78 is 5.64. The maximum atomic E-state index is 12.7. The third-order valence-electron chi connectivity index (χ3n) is 3.46. The highest BCUT2D eigenvalue weighted by Gasteiger charge is 2.18. The summed E-state index contributed by atoms with van der Waals surface area (Å²) in [5.74, 6) is 0.275. The molecule has 3 rings (SSSR count). The highest BCUT2D eigenvalue weighted by atomic mass is 35.5. The van der Waals surface area contributed by atoms with Crippen molar-refractivity contribution in [3.8, 4) is 23.0 Å². The van der Waals surface area contributed by atoms with Gasteiger partial charge in [0.1, 0.15) is 23.0 Å². The van der Waals surface area contributed by atoms with Gasteiger partial charge in [0.25, 0.3) is 0 Å². The van der Waals surface area contributed by atoms with Crippen molar-refractivity contribution in [2.24, 2.45) is 0 Å². The van der Waals surface area contributed by atoms with E-state index in [-0.39, 0.29) is 27.6 Å². The first-order valence-corrected chi connectivity index (χ1v) is 7.99. The van der Waals surface area contributed by atoms with E-state index in [0.29, 0.717) is 16.5 Å². The number of phenols is 2. The van der Waals surface area contributed by atoms with Crippen LogP contribution >= 0.6 is 23.2 Å². The molecule has 0 spiro atoms. The van der Waals surface area contributed by atoms with Gasteiger partial charge in [-0.05, 0) is 60.7 Å². The van der Waals surface area contributed by atoms with E-state index in [0.717, 1.165) is 0 Å². The summed E-state index contributed by atoms with van der Waals surface area (Å²) in [5.41, 5.74) is 0.228. The van der Waals surface area contributed by atoms with Crippen molar-refractivity contribution in [2.45, 2.75) is 0 Å². The summed E-state index contributed by atoms with van der Waals surface area (Å²) in [6.45, 7) is 0. The Kier molecular flexibility index (Phi) is 4.83. The van der Waals surface area contributed by atoms with Crippen LogP contribution in [0.15, 0.2) is 60.7 Å². The molecule has 0 aliphatic heterocycles. The number of ether oxygens (including phenoxy) is 1. The van der Waals surface area contributed by atoms with Crippen molar-refractivity contribution >= 4 is 29.0 Å². The minimum absolute atomic E-state index is 0.0421. The Bertz CT molecular complexity index is 937. The Morgan fingerprint density at radius 1 is 0.800 bits per heavy atom. The zero-order chi connectivity index (χ0) is 18.0. The molecule has 0 heterocycles. The number of halogens is 2. The number of rotatable bonds is 4. The number of carbonyl (C=O) groups is 1. The van der Waals surface area contributed by atoms with Gasteiger partial charge in [-0.25, -0.2) is 0 Å². The van der Waals surface area contributed by atoms with Gasteiger partial charge in [0.15, 0.2) is 5.78 Å². The second kappa shape index (κ2) is 7.05. The topological polar surface area (TPSA) is 66.8 Å². The summed E-state index contributed by atoms with van der Waals surface area (Å²) in [7, 11) is 0. The average Bonchev–Trinajstić information content (AvgIpc) is 2.60. The molecule has 0 aliphatic rings. The molecule has 6 heteroatoms. The first kappa shape index (κ1) is 17.1. The molecule has 3 aromatic carbocycles. The number of carbonyl (C=O) groups excluding carboxylic acids is 1. The number of aromatic hydroxyl groups is 2. The fourth-order valence-electron chi connectivity index (χ4n) is 2.23. The van der Waals surface area contributed by atoms with Crippen LogP contribution in [0.25, 0.3) is 0 Å². The van der Waals surface area contributed by atoms with E-state index < -0.39 is 5.78 Å². The predicted octanol–water partition coefficient (Wildman–Crippen LogP) is 5.43. The molecule has 25 heavy (non-hydrogen) atoms. The molecule has 0 aliphatic carbocycles. The van der Waals surface area contributed by atoms with Crippen molar-refractivity contribution in [3.05, 3.63) is 81.8 Å². The molecule has 0 saturated carbocycles. The molecular formula is C19H12Cl2O4. The largest absolute Gasteiger partial charge is 0.508 e. The fourth-order valence-corrected chi connectivity index (χ4v) is 2.60. The minimum Gasteiger partial charge on any atom is -0.508 e. The summed E-state index contributed by atoms with van der Waals surface area (Å²) in [5, 5.41) is 19.9. The van der Waals surface area contributed by atoms with Gasteiger partial charge in [0.2, 0.25) is 0 Å². The summed E-state index contributed by atoms with van der Waals surface area (Å²) >= 11 is 12.0. The van der Waals surface area contributed by atoms with Crippen molar-refractivity contribution in [2.75, 3.05) is 0 Å². The number of ketones is 1. The zero-order valence-corrected chi connectivity index (χ0v) is 14.3. The first-order valence-electron chi connectivity index (χ1n) is 7.23. The van der Waals surface area contributed by atoms with E-state index in [1.807, 2.05) is 0 Å². The smallest absolute Gasteiger partial charge is 0.198 e. The Labute approximate surface area is 153 Å². The van der Waals surface area contributed by atoms with Crippen LogP contribution in [-0.2, 0) is 0 Å². The SMILES string of the molecule is O=C(c1cc(Oc2ccc(O)cc2)ccc1O)c1cc(Cl)ccc1Cl. The highest BCUT2D eigenvalue weighted by Crippen LogP contribution is 2.31. The molecule has 0 atom stereocenters. The van der Waals surface area contributed by atoms with E-state index in [1.54, 1.807) is 18.2 Å². The lowest BCUT2D eigenvalue weighted by Gasteiger charge is -2.10. The summed E-state index contributed by atoms with van der Waals surface area (Å²) in [4.78, 5) is 12.7. The van der Waals surface area contributed by atoms with Crippen molar-refractivity contribution < 1.29 is 19.7 Å². The molecule has 0 bridgehead atoms. The molecule has 0 unspecified atom stereocenters. The van der Waals surface area contributed by atoms with Crippen LogP contribution in [0, 0.1) is 0 Å². The van der Waals surface area contributed by atoms with E-state index >= 15 is 0 Å². The van der Waals surface area contributed by atoms with Crippen LogP contribution in [0.5, 0.6) is 23.0 Å². The number of hydrogen-bond donors (Lipinski definition) is 2. The van der Waals surface area contributed by atoms with Gasteiger partial charge in [-0.1, -0.05) is 23.2 Å². The Morgan fingerprint density at radius 2 is 1.48 bits per heavy atom. The molecule has 0 saturated heterocycles. The second-order valence-corrected chi connectivity index (χ2v) is 6.07. The molecule has 0 aromatic heterocycles. The molecule has 4 nitrogen and oxygen atoms in total. The van der Waals surface area contributed by atoms with Gasteiger partial charge < -0.3 is 14.9 Å². The molecule has 0 radical (unpaired) electrons. The molecule has 0 amide bonds. The lowest BCUT2D eigenvalue weighted by atomic mass is 10.0. The summed E-state index contributed by atoms with van der Waals surface area (Å²) in [6, 6.07) is 15.0. The maximum Gasteiger partial charge on any atom is 0.198 e. The van der Waals surface area contributed by atoms with E-state index in [1.165, 1.54) is 42.5 Å². The summed E-state index contributed by atoms with van der Waals surface area (Å²) in [6.07, 6.45) is 0. The van der Waals surface area contributed by atoms with Crippen LogP contribution in [-0.4, -0.2) is 16.0 Å². The van der Waals surface area contributed by atoms with Gasteiger partial charge in [-0.15, -0.1) is 0 Å². The first-order chi connectivity index (χ1) is 11.9. The number of benzene rings is 3. The van der Waals surface area contributed by atoms with Gasteiger partial charge in [0, 0.05) is 10.6 Å². The molecular weight excluding hydrogens is 363 g/mol. The van der Waals surface area contributed by atoms with Crippen molar-refractivity contribution in [1.29, 1.82) is 0 Å². The normalized spacial score (nSPS) is 10.5. The van der Waals surface area contributed by atoms with Gasteiger partial charge in [-0.2, -0.15) is 0 Å². The van der Waals surface area contributed by atoms with Crippen LogP contribution in [0.4, 0.5) is 0 Å². The van der Waals surface area contributed by atoms with Gasteiger partial charge >= 0.3 is 0 Å². The number of hydrogen-bond acceptors (Lipinski definition) is 4. The minimum atomic E-state index is -0.471. The predicted molar refractivity (Wildman–Crippen MR) is 96.2 cm³/mol. The average molecular weight is 375 g/mol. The van der Waals surface area contributed by atoms with E-state index in [9.17, 15) is 15.0 Å². The van der Waals surface area contributed by atoms with Crippen LogP contribution in [0.1, 0.15) is 15.9 Å². The lowest BCUT2D eigenvalue weighted by molar-refractivity contribution is 0.103. The molecule has 3 aromatic rings. The van der Waals surface area contributed by atoms with Crippen LogP contribution in [0.3, 0.4) is 0 Å². The third-order valence-corrected chi connectivity index (χ3v) is 4.02. The second-order valence-electron chi connectivity index (χ2n) is 5.23. The maximum absolute atomic E-state index is 12.7. The fraction of sp³-hybridized carbons (Fsp3) is 0. The Balaban J connectivity index is 1.95. The lowest BCUT2D eigenvalue weighted by Crippen LogP contribution is -2.03. The van der Waals surface area contributed by atoms with Crippen LogP contribution < -0.4 is 4.74 Å². The monoisotopic (exact) mass is 374 g/mol. The van der Waals surface area contributed by atoms with Crippen molar-refractivity contribution in [3.63, 3.8) is 0 Å². The van der Waals surface area contributed by atoms with Crippen molar-refractivity contribution in [1.82, 2.24) is 0 Å². The standard InChI is InChI=1S/C19H12Cl2O4/c20-11-1-7-17(21)15(9-11)19(24)16-10-14(6-8-18(16)23)25-13-4-2-12(22)3-5-13/h1-10,22-23H.